The van der Waals surface area contributed by atoms with Crippen molar-refractivity contribution in [2.75, 3.05) is 19.6 Å². The first kappa shape index (κ1) is 14.1. The fraction of sp³-hybridized carbons (Fsp3) is 0.562. The van der Waals surface area contributed by atoms with E-state index in [1.807, 2.05) is 4.90 Å². The normalized spacial score (nSPS) is 22.8. The number of carbonyl (C=O) groups is 1. The molecule has 1 heterocycles. The first-order valence-electron chi connectivity index (χ1n) is 7.06. The van der Waals surface area contributed by atoms with Crippen LogP contribution in [0, 0.1) is 12.3 Å². The molecule has 3 heteroatoms. The van der Waals surface area contributed by atoms with Crippen LogP contribution in [0.4, 0.5) is 0 Å². The molecule has 0 saturated carbocycles. The van der Waals surface area contributed by atoms with E-state index in [0.717, 1.165) is 25.9 Å². The fourth-order valence-corrected chi connectivity index (χ4v) is 2.57. The van der Waals surface area contributed by atoms with E-state index in [0.29, 0.717) is 13.0 Å². The molecule has 0 spiro atoms. The highest BCUT2D eigenvalue weighted by Crippen LogP contribution is 2.28. The monoisotopic (exact) mass is 260 g/mol. The summed E-state index contributed by atoms with van der Waals surface area (Å²) in [6.45, 7) is 6.58. The summed E-state index contributed by atoms with van der Waals surface area (Å²) < 4.78 is 0. The third-order valence-corrected chi connectivity index (χ3v) is 4.15. The Bertz CT molecular complexity index is 441. The van der Waals surface area contributed by atoms with Gasteiger partial charge in [0.05, 0.1) is 0 Å². The number of nitrogens with zero attached hydrogens (tertiary/aromatic N) is 1. The van der Waals surface area contributed by atoms with E-state index in [4.69, 9.17) is 5.73 Å². The molecule has 0 radical (unpaired) electrons. The number of nitrogens with two attached hydrogens (primary N) is 1. The van der Waals surface area contributed by atoms with Gasteiger partial charge in [0.25, 0.3) is 0 Å². The quantitative estimate of drug-likeness (QED) is 0.901. The van der Waals surface area contributed by atoms with E-state index in [1.165, 1.54) is 11.1 Å². The second-order valence-corrected chi connectivity index (χ2v) is 6.07. The van der Waals surface area contributed by atoms with Gasteiger partial charge in [-0.25, -0.2) is 0 Å². The van der Waals surface area contributed by atoms with Gasteiger partial charge in [0.15, 0.2) is 0 Å². The molecule has 0 bridgehead atoms. The zero-order valence-electron chi connectivity index (χ0n) is 12.0. The molecule has 1 saturated heterocycles. The van der Waals surface area contributed by atoms with Crippen LogP contribution in [-0.2, 0) is 11.2 Å². The van der Waals surface area contributed by atoms with E-state index < -0.39 is 0 Å². The van der Waals surface area contributed by atoms with Crippen molar-refractivity contribution >= 4 is 5.91 Å². The van der Waals surface area contributed by atoms with Crippen LogP contribution in [0.15, 0.2) is 24.3 Å². The SMILES string of the molecule is Cc1ccc(CCC(=O)N2CCC(C)(CN)C2)cc1. The molecule has 1 aromatic rings. The van der Waals surface area contributed by atoms with Gasteiger partial charge < -0.3 is 10.6 Å². The van der Waals surface area contributed by atoms with E-state index >= 15 is 0 Å². The van der Waals surface area contributed by atoms with E-state index in [1.54, 1.807) is 0 Å². The first-order chi connectivity index (χ1) is 9.02. The minimum Gasteiger partial charge on any atom is -0.342 e. The van der Waals surface area contributed by atoms with Crippen LogP contribution in [0.3, 0.4) is 0 Å². The predicted octanol–water partition coefficient (Wildman–Crippen LogP) is 2.12. The highest BCUT2D eigenvalue weighted by atomic mass is 16.2. The summed E-state index contributed by atoms with van der Waals surface area (Å²) >= 11 is 0. The average molecular weight is 260 g/mol. The second kappa shape index (κ2) is 5.74. The first-order valence-corrected chi connectivity index (χ1v) is 7.06. The van der Waals surface area contributed by atoms with Crippen molar-refractivity contribution in [3.63, 3.8) is 0 Å². The second-order valence-electron chi connectivity index (χ2n) is 6.07. The van der Waals surface area contributed by atoms with Crippen molar-refractivity contribution in [2.24, 2.45) is 11.1 Å². The van der Waals surface area contributed by atoms with Gasteiger partial charge in [-0.05, 0) is 37.3 Å². The van der Waals surface area contributed by atoms with Gasteiger partial charge in [-0.2, -0.15) is 0 Å². The molecule has 2 N–H and O–H groups in total. The maximum atomic E-state index is 12.2. The van der Waals surface area contributed by atoms with Crippen LogP contribution in [-0.4, -0.2) is 30.4 Å². The number of rotatable bonds is 4. The molecule has 19 heavy (non-hydrogen) atoms. The number of benzene rings is 1. The van der Waals surface area contributed by atoms with Crippen LogP contribution in [0.1, 0.15) is 30.9 Å². The highest BCUT2D eigenvalue weighted by molar-refractivity contribution is 5.76. The molecule has 1 amide bonds. The van der Waals surface area contributed by atoms with Crippen LogP contribution < -0.4 is 5.73 Å². The van der Waals surface area contributed by atoms with Gasteiger partial charge in [-0.1, -0.05) is 36.8 Å². The summed E-state index contributed by atoms with van der Waals surface area (Å²) in [6, 6.07) is 8.41. The zero-order valence-corrected chi connectivity index (χ0v) is 12.0. The number of carbonyl (C=O) groups excluding carboxylic acids is 1. The average Bonchev–Trinajstić information content (AvgIpc) is 2.81. The highest BCUT2D eigenvalue weighted by Gasteiger charge is 2.34. The van der Waals surface area contributed by atoms with E-state index in [2.05, 4.69) is 38.1 Å². The lowest BCUT2D eigenvalue weighted by molar-refractivity contribution is -0.130. The fourth-order valence-electron chi connectivity index (χ4n) is 2.57. The summed E-state index contributed by atoms with van der Waals surface area (Å²) in [5.41, 5.74) is 8.39. The molecular formula is C16H24N2O. The van der Waals surface area contributed by atoms with Gasteiger partial charge >= 0.3 is 0 Å². The molecule has 0 aromatic heterocycles. The Labute approximate surface area is 115 Å². The predicted molar refractivity (Wildman–Crippen MR) is 77.9 cm³/mol. The van der Waals surface area contributed by atoms with E-state index in [-0.39, 0.29) is 11.3 Å². The van der Waals surface area contributed by atoms with Gasteiger partial charge in [0, 0.05) is 19.5 Å². The van der Waals surface area contributed by atoms with E-state index in [9.17, 15) is 4.79 Å². The lowest BCUT2D eigenvalue weighted by Crippen LogP contribution is -2.34. The third kappa shape index (κ3) is 3.57. The Morgan fingerprint density at radius 2 is 2.05 bits per heavy atom. The molecule has 1 aromatic carbocycles. The number of hydrogen-bond donors (Lipinski definition) is 1. The molecule has 1 fully saturated rings. The van der Waals surface area contributed by atoms with Crippen molar-refractivity contribution in [1.82, 2.24) is 4.90 Å². The summed E-state index contributed by atoms with van der Waals surface area (Å²) in [5, 5.41) is 0. The van der Waals surface area contributed by atoms with Crippen LogP contribution in [0.2, 0.25) is 0 Å². The Morgan fingerprint density at radius 3 is 2.63 bits per heavy atom. The minimum absolute atomic E-state index is 0.125. The number of likely N-dealkylation sites (tertiary alicyclic amines) is 1. The molecule has 104 valence electrons. The molecule has 1 aliphatic rings. The van der Waals surface area contributed by atoms with Gasteiger partial charge in [0.2, 0.25) is 5.91 Å². The molecular weight excluding hydrogens is 236 g/mol. The van der Waals surface area contributed by atoms with Crippen LogP contribution >= 0.6 is 0 Å². The van der Waals surface area contributed by atoms with Crippen LogP contribution in [0.25, 0.3) is 0 Å². The summed E-state index contributed by atoms with van der Waals surface area (Å²) in [4.78, 5) is 14.1. The molecule has 2 rings (SSSR count). The molecule has 1 aliphatic heterocycles. The molecule has 1 unspecified atom stereocenters. The minimum atomic E-state index is 0.125. The Balaban J connectivity index is 1.84. The lowest BCUT2D eigenvalue weighted by Gasteiger charge is -2.22. The zero-order chi connectivity index (χ0) is 13.9. The molecule has 1 atom stereocenters. The third-order valence-electron chi connectivity index (χ3n) is 4.15. The molecule has 0 aliphatic carbocycles. The maximum absolute atomic E-state index is 12.2. The summed E-state index contributed by atoms with van der Waals surface area (Å²) in [7, 11) is 0. The summed E-state index contributed by atoms with van der Waals surface area (Å²) in [6.07, 6.45) is 2.46. The Hall–Kier alpha value is -1.35. The van der Waals surface area contributed by atoms with Crippen molar-refractivity contribution < 1.29 is 4.79 Å². The number of hydrogen-bond acceptors (Lipinski definition) is 2. The number of amides is 1. The van der Waals surface area contributed by atoms with Crippen LogP contribution in [0.5, 0.6) is 0 Å². The Morgan fingerprint density at radius 1 is 1.37 bits per heavy atom. The topological polar surface area (TPSA) is 46.3 Å². The largest absolute Gasteiger partial charge is 0.342 e. The smallest absolute Gasteiger partial charge is 0.222 e. The number of aryl methyl sites for hydroxylation is 2. The van der Waals surface area contributed by atoms with Gasteiger partial charge in [-0.15, -0.1) is 0 Å². The summed E-state index contributed by atoms with van der Waals surface area (Å²) in [5.74, 6) is 0.262. The van der Waals surface area contributed by atoms with Crippen molar-refractivity contribution in [2.45, 2.75) is 33.1 Å². The van der Waals surface area contributed by atoms with Gasteiger partial charge in [0.1, 0.15) is 0 Å². The maximum Gasteiger partial charge on any atom is 0.222 e. The molecule has 3 nitrogen and oxygen atoms in total. The van der Waals surface area contributed by atoms with Crippen molar-refractivity contribution in [3.05, 3.63) is 35.4 Å². The lowest BCUT2D eigenvalue weighted by atomic mass is 9.90. The van der Waals surface area contributed by atoms with Gasteiger partial charge in [-0.3, -0.25) is 4.79 Å². The van der Waals surface area contributed by atoms with Crippen molar-refractivity contribution in [3.8, 4) is 0 Å². The Kier molecular flexibility index (Phi) is 4.25. The van der Waals surface area contributed by atoms with Crippen molar-refractivity contribution in [1.29, 1.82) is 0 Å². The standard InChI is InChI=1S/C16H24N2O/c1-13-3-5-14(6-4-13)7-8-15(19)18-10-9-16(2,11-17)12-18/h3-6H,7-12,17H2,1-2H3.